The quantitative estimate of drug-likeness (QED) is 0.531. The van der Waals surface area contributed by atoms with Gasteiger partial charge in [0.15, 0.2) is 5.11 Å². The van der Waals surface area contributed by atoms with E-state index in [-0.39, 0.29) is 5.91 Å². The van der Waals surface area contributed by atoms with Gasteiger partial charge in [-0.1, -0.05) is 50.2 Å². The number of amides is 1. The fraction of sp³-hybridized carbons (Fsp3) is 0.333. The largest absolute Gasteiger partial charge is 0.494 e. The Kier molecular flexibility index (Phi) is 8.09. The number of nitrogens with one attached hydrogen (secondary N) is 2. The highest BCUT2D eigenvalue weighted by atomic mass is 32.1. The fourth-order valence-electron chi connectivity index (χ4n) is 2.68. The SMILES string of the molecule is CCc1cccc(CC)c1NC(=S)NC(=O)CCCOc1ccccc1. The number of thiocarbonyl (C=S) groups is 1. The van der Waals surface area contributed by atoms with Gasteiger partial charge in [-0.15, -0.1) is 0 Å². The van der Waals surface area contributed by atoms with Crippen molar-refractivity contribution in [3.8, 4) is 5.75 Å². The Morgan fingerprint density at radius 2 is 1.65 bits per heavy atom. The number of hydrogen-bond acceptors (Lipinski definition) is 3. The summed E-state index contributed by atoms with van der Waals surface area (Å²) in [6, 6.07) is 15.8. The van der Waals surface area contributed by atoms with Gasteiger partial charge in [-0.05, 0) is 54.7 Å². The number of rotatable bonds is 8. The Bertz CT molecular complexity index is 710. The molecule has 0 saturated carbocycles. The molecule has 5 heteroatoms. The lowest BCUT2D eigenvalue weighted by atomic mass is 10.0. The lowest BCUT2D eigenvalue weighted by Gasteiger charge is -2.16. The maximum atomic E-state index is 12.1. The minimum Gasteiger partial charge on any atom is -0.494 e. The third-order valence-corrected chi connectivity index (χ3v) is 4.25. The van der Waals surface area contributed by atoms with E-state index in [1.807, 2.05) is 30.3 Å². The Hall–Kier alpha value is -2.40. The van der Waals surface area contributed by atoms with E-state index in [2.05, 4.69) is 42.7 Å². The summed E-state index contributed by atoms with van der Waals surface area (Å²) in [5.41, 5.74) is 3.39. The molecule has 0 heterocycles. The van der Waals surface area contributed by atoms with Gasteiger partial charge in [0.25, 0.3) is 0 Å². The number of carbonyl (C=O) groups excluding carboxylic acids is 1. The molecule has 138 valence electrons. The zero-order valence-electron chi connectivity index (χ0n) is 15.4. The molecule has 0 unspecified atom stereocenters. The molecule has 0 atom stereocenters. The van der Waals surface area contributed by atoms with E-state index in [1.165, 1.54) is 11.1 Å². The maximum Gasteiger partial charge on any atom is 0.226 e. The molecule has 0 bridgehead atoms. The predicted molar refractivity (Wildman–Crippen MR) is 111 cm³/mol. The Morgan fingerprint density at radius 1 is 1.00 bits per heavy atom. The molecule has 26 heavy (non-hydrogen) atoms. The van der Waals surface area contributed by atoms with Crippen molar-refractivity contribution in [3.05, 3.63) is 59.7 Å². The highest BCUT2D eigenvalue weighted by Gasteiger charge is 2.10. The smallest absolute Gasteiger partial charge is 0.226 e. The molecular formula is C21H26N2O2S. The number of aryl methyl sites for hydroxylation is 2. The Morgan fingerprint density at radius 3 is 2.27 bits per heavy atom. The van der Waals surface area contributed by atoms with Gasteiger partial charge in [0, 0.05) is 12.1 Å². The average Bonchev–Trinajstić information content (AvgIpc) is 2.66. The first kappa shape index (κ1) is 19.9. The van der Waals surface area contributed by atoms with Crippen LogP contribution >= 0.6 is 12.2 Å². The van der Waals surface area contributed by atoms with Crippen LogP contribution in [0.1, 0.15) is 37.8 Å². The van der Waals surface area contributed by atoms with E-state index in [0.717, 1.165) is 24.3 Å². The highest BCUT2D eigenvalue weighted by Crippen LogP contribution is 2.22. The molecule has 2 aromatic rings. The first-order valence-corrected chi connectivity index (χ1v) is 9.44. The lowest BCUT2D eigenvalue weighted by molar-refractivity contribution is -0.119. The van der Waals surface area contributed by atoms with E-state index >= 15 is 0 Å². The minimum atomic E-state index is -0.105. The molecule has 4 nitrogen and oxygen atoms in total. The van der Waals surface area contributed by atoms with Crippen molar-refractivity contribution in [2.24, 2.45) is 0 Å². The average molecular weight is 371 g/mol. The van der Waals surface area contributed by atoms with Crippen LogP contribution in [-0.2, 0) is 17.6 Å². The third-order valence-electron chi connectivity index (χ3n) is 4.05. The van der Waals surface area contributed by atoms with Crippen molar-refractivity contribution in [1.29, 1.82) is 0 Å². The van der Waals surface area contributed by atoms with Crippen molar-refractivity contribution >= 4 is 28.9 Å². The first-order chi connectivity index (χ1) is 12.6. The maximum absolute atomic E-state index is 12.1. The van der Waals surface area contributed by atoms with Crippen molar-refractivity contribution in [2.45, 2.75) is 39.5 Å². The second-order valence-electron chi connectivity index (χ2n) is 5.93. The summed E-state index contributed by atoms with van der Waals surface area (Å²) in [6.45, 7) is 4.71. The van der Waals surface area contributed by atoms with E-state index in [1.54, 1.807) is 0 Å². The van der Waals surface area contributed by atoms with Gasteiger partial charge in [-0.25, -0.2) is 0 Å². The summed E-state index contributed by atoms with van der Waals surface area (Å²) >= 11 is 5.31. The monoisotopic (exact) mass is 370 g/mol. The molecular weight excluding hydrogens is 344 g/mol. The Balaban J connectivity index is 1.78. The Labute approximate surface area is 161 Å². The first-order valence-electron chi connectivity index (χ1n) is 9.03. The molecule has 2 aromatic carbocycles. The molecule has 2 N–H and O–H groups in total. The molecule has 0 spiro atoms. The van der Waals surface area contributed by atoms with Gasteiger partial charge < -0.3 is 15.4 Å². The zero-order chi connectivity index (χ0) is 18.8. The molecule has 0 radical (unpaired) electrons. The second-order valence-corrected chi connectivity index (χ2v) is 6.33. The third kappa shape index (κ3) is 6.15. The molecule has 0 aliphatic carbocycles. The van der Waals surface area contributed by atoms with Gasteiger partial charge in [-0.2, -0.15) is 0 Å². The molecule has 0 fully saturated rings. The summed E-state index contributed by atoms with van der Waals surface area (Å²) in [5, 5.41) is 6.29. The molecule has 0 aliphatic rings. The van der Waals surface area contributed by atoms with E-state index in [4.69, 9.17) is 17.0 Å². The van der Waals surface area contributed by atoms with E-state index in [0.29, 0.717) is 24.6 Å². The minimum absolute atomic E-state index is 0.105. The normalized spacial score (nSPS) is 10.2. The van der Waals surface area contributed by atoms with Crippen LogP contribution in [0.25, 0.3) is 0 Å². The van der Waals surface area contributed by atoms with Crippen LogP contribution in [0, 0.1) is 0 Å². The van der Waals surface area contributed by atoms with Crippen molar-refractivity contribution < 1.29 is 9.53 Å². The highest BCUT2D eigenvalue weighted by molar-refractivity contribution is 7.80. The molecule has 0 aromatic heterocycles. The second kappa shape index (κ2) is 10.6. The lowest BCUT2D eigenvalue weighted by Crippen LogP contribution is -2.34. The topological polar surface area (TPSA) is 50.4 Å². The van der Waals surface area contributed by atoms with Crippen LogP contribution in [0.15, 0.2) is 48.5 Å². The summed E-state index contributed by atoms with van der Waals surface area (Å²) < 4.78 is 5.59. The van der Waals surface area contributed by atoms with Crippen LogP contribution in [-0.4, -0.2) is 17.6 Å². The summed E-state index contributed by atoms with van der Waals surface area (Å²) in [6.07, 6.45) is 2.81. The van der Waals surface area contributed by atoms with Crippen LogP contribution in [0.5, 0.6) is 5.75 Å². The number of benzene rings is 2. The molecule has 1 amide bonds. The number of carbonyl (C=O) groups is 1. The molecule has 0 aliphatic heterocycles. The summed E-state index contributed by atoms with van der Waals surface area (Å²) in [4.78, 5) is 12.1. The molecule has 2 rings (SSSR count). The van der Waals surface area contributed by atoms with Crippen molar-refractivity contribution in [1.82, 2.24) is 5.32 Å². The number of para-hydroxylation sites is 2. The number of ether oxygens (including phenoxy) is 1. The predicted octanol–water partition coefficient (Wildman–Crippen LogP) is 4.48. The van der Waals surface area contributed by atoms with Crippen molar-refractivity contribution in [3.63, 3.8) is 0 Å². The number of hydrogen-bond donors (Lipinski definition) is 2. The zero-order valence-corrected chi connectivity index (χ0v) is 16.2. The summed E-state index contributed by atoms with van der Waals surface area (Å²) in [7, 11) is 0. The molecule has 0 saturated heterocycles. The van der Waals surface area contributed by atoms with E-state index < -0.39 is 0 Å². The van der Waals surface area contributed by atoms with Crippen LogP contribution < -0.4 is 15.4 Å². The van der Waals surface area contributed by atoms with Gasteiger partial charge in [0.1, 0.15) is 5.75 Å². The fourth-order valence-corrected chi connectivity index (χ4v) is 2.89. The van der Waals surface area contributed by atoms with Crippen molar-refractivity contribution in [2.75, 3.05) is 11.9 Å². The van der Waals surface area contributed by atoms with Crippen LogP contribution in [0.2, 0.25) is 0 Å². The standard InChI is InChI=1S/C21H26N2O2S/c1-3-16-10-8-11-17(4-2)20(16)23-21(26)22-19(24)14-9-15-25-18-12-6-5-7-13-18/h5-8,10-13H,3-4,9,14-15H2,1-2H3,(H2,22,23,24,26). The van der Waals surface area contributed by atoms with Gasteiger partial charge in [0.2, 0.25) is 5.91 Å². The van der Waals surface area contributed by atoms with E-state index in [9.17, 15) is 4.79 Å². The summed E-state index contributed by atoms with van der Waals surface area (Å²) in [5.74, 6) is 0.708. The number of anilines is 1. The van der Waals surface area contributed by atoms with Crippen LogP contribution in [0.4, 0.5) is 5.69 Å². The van der Waals surface area contributed by atoms with Gasteiger partial charge in [-0.3, -0.25) is 4.79 Å². The van der Waals surface area contributed by atoms with Gasteiger partial charge >= 0.3 is 0 Å². The van der Waals surface area contributed by atoms with Gasteiger partial charge in [0.05, 0.1) is 6.61 Å². The van der Waals surface area contributed by atoms with Crippen LogP contribution in [0.3, 0.4) is 0 Å².